The third-order valence-electron chi connectivity index (χ3n) is 1.53. The van der Waals surface area contributed by atoms with E-state index < -0.39 is 15.3 Å². The molecule has 0 aliphatic rings. The number of nitrogens with two attached hydrogens (primary N) is 1. The molecule has 13 heavy (non-hydrogen) atoms. The van der Waals surface area contributed by atoms with Gasteiger partial charge in [0, 0.05) is 18.1 Å². The third-order valence-corrected chi connectivity index (χ3v) is 3.55. The molecule has 0 saturated heterocycles. The molecule has 0 spiro atoms. The molecule has 0 saturated carbocycles. The first kappa shape index (κ1) is 10.4. The van der Waals surface area contributed by atoms with Gasteiger partial charge in [0.1, 0.15) is 0 Å². The van der Waals surface area contributed by atoms with Gasteiger partial charge in [-0.1, -0.05) is 0 Å². The second-order valence-electron chi connectivity index (χ2n) is 2.62. The van der Waals surface area contributed by atoms with Crippen LogP contribution in [0.25, 0.3) is 0 Å². The van der Waals surface area contributed by atoms with Crippen LogP contribution in [-0.2, 0) is 10.0 Å². The van der Waals surface area contributed by atoms with E-state index in [2.05, 4.69) is 10.3 Å². The van der Waals surface area contributed by atoms with Crippen molar-refractivity contribution < 1.29 is 8.42 Å². The minimum absolute atomic E-state index is 0.284. The Morgan fingerprint density at radius 2 is 2.46 bits per heavy atom. The zero-order valence-electron chi connectivity index (χ0n) is 7.10. The molecule has 1 heterocycles. The Kier molecular flexibility index (Phi) is 3.23. The Labute approximate surface area is 81.0 Å². The molecule has 0 aliphatic carbocycles. The lowest BCUT2D eigenvalue weighted by molar-refractivity contribution is 0.587. The average molecular weight is 221 g/mol. The highest BCUT2D eigenvalue weighted by Crippen LogP contribution is 2.10. The second-order valence-corrected chi connectivity index (χ2v) is 5.50. The van der Waals surface area contributed by atoms with Crippen molar-refractivity contribution in [1.82, 2.24) is 4.98 Å². The molecule has 1 aromatic heterocycles. The molecule has 0 bridgehead atoms. The number of hydrogen-bond acceptors (Lipinski definition) is 5. The van der Waals surface area contributed by atoms with E-state index in [4.69, 9.17) is 5.14 Å². The highest BCUT2D eigenvalue weighted by Gasteiger charge is 2.14. The zero-order chi connectivity index (χ0) is 9.90. The fourth-order valence-electron chi connectivity index (χ4n) is 0.658. The third kappa shape index (κ3) is 3.29. The number of nitrogens with zero attached hydrogens (tertiary/aromatic N) is 1. The van der Waals surface area contributed by atoms with Crippen molar-refractivity contribution in [3.63, 3.8) is 0 Å². The van der Waals surface area contributed by atoms with Gasteiger partial charge in [0.05, 0.1) is 5.25 Å². The number of rotatable bonds is 4. The summed E-state index contributed by atoms with van der Waals surface area (Å²) in [5.41, 5.74) is 0. The van der Waals surface area contributed by atoms with E-state index in [-0.39, 0.29) is 6.54 Å². The number of hydrogen-bond donors (Lipinski definition) is 2. The van der Waals surface area contributed by atoms with Crippen LogP contribution < -0.4 is 10.5 Å². The fourth-order valence-corrected chi connectivity index (χ4v) is 1.51. The lowest BCUT2D eigenvalue weighted by atomic mass is 10.5. The van der Waals surface area contributed by atoms with Crippen LogP contribution in [0.15, 0.2) is 11.6 Å². The van der Waals surface area contributed by atoms with Gasteiger partial charge in [-0.2, -0.15) is 0 Å². The lowest BCUT2D eigenvalue weighted by Gasteiger charge is -2.08. The Morgan fingerprint density at radius 1 is 1.77 bits per heavy atom. The molecule has 74 valence electrons. The molecule has 3 N–H and O–H groups in total. The van der Waals surface area contributed by atoms with Gasteiger partial charge in [0.25, 0.3) is 0 Å². The monoisotopic (exact) mass is 221 g/mol. The van der Waals surface area contributed by atoms with Gasteiger partial charge in [-0.25, -0.2) is 18.5 Å². The summed E-state index contributed by atoms with van der Waals surface area (Å²) in [6, 6.07) is 0. The van der Waals surface area contributed by atoms with Gasteiger partial charge in [0.2, 0.25) is 10.0 Å². The van der Waals surface area contributed by atoms with Gasteiger partial charge >= 0.3 is 0 Å². The molecule has 0 aromatic carbocycles. The molecule has 1 atom stereocenters. The van der Waals surface area contributed by atoms with Crippen LogP contribution >= 0.6 is 11.3 Å². The van der Waals surface area contributed by atoms with Crippen molar-refractivity contribution in [2.75, 3.05) is 11.9 Å². The average Bonchev–Trinajstić information content (AvgIpc) is 2.50. The topological polar surface area (TPSA) is 85.1 Å². The SMILES string of the molecule is CC(CNc1nccs1)S(N)(=O)=O. The van der Waals surface area contributed by atoms with Gasteiger partial charge in [0.15, 0.2) is 5.13 Å². The number of primary sulfonamides is 1. The van der Waals surface area contributed by atoms with Crippen LogP contribution in [0.4, 0.5) is 5.13 Å². The molecule has 5 nitrogen and oxygen atoms in total. The van der Waals surface area contributed by atoms with E-state index in [1.165, 1.54) is 11.3 Å². The van der Waals surface area contributed by atoms with E-state index in [1.807, 2.05) is 5.38 Å². The summed E-state index contributed by atoms with van der Waals surface area (Å²) >= 11 is 1.42. The number of aromatic nitrogens is 1. The molecule has 7 heteroatoms. The van der Waals surface area contributed by atoms with Crippen LogP contribution in [0.5, 0.6) is 0 Å². The second kappa shape index (κ2) is 4.03. The van der Waals surface area contributed by atoms with Gasteiger partial charge in [-0.3, -0.25) is 0 Å². The van der Waals surface area contributed by atoms with E-state index in [0.29, 0.717) is 5.13 Å². The van der Waals surface area contributed by atoms with Crippen LogP contribution in [0, 0.1) is 0 Å². The van der Waals surface area contributed by atoms with Crippen LogP contribution in [-0.4, -0.2) is 25.2 Å². The summed E-state index contributed by atoms with van der Waals surface area (Å²) in [6.07, 6.45) is 1.65. The van der Waals surface area contributed by atoms with Crippen molar-refractivity contribution >= 4 is 26.5 Å². The number of anilines is 1. The molecular weight excluding hydrogens is 210 g/mol. The Balaban J connectivity index is 2.44. The molecule has 0 radical (unpaired) electrons. The van der Waals surface area contributed by atoms with Crippen LogP contribution in [0.2, 0.25) is 0 Å². The summed E-state index contributed by atoms with van der Waals surface area (Å²) < 4.78 is 21.6. The first-order valence-electron chi connectivity index (χ1n) is 3.65. The summed E-state index contributed by atoms with van der Waals surface area (Å²) in [7, 11) is -3.44. The Hall–Kier alpha value is -0.660. The van der Waals surface area contributed by atoms with E-state index in [1.54, 1.807) is 13.1 Å². The predicted molar refractivity (Wildman–Crippen MR) is 53.2 cm³/mol. The first-order chi connectivity index (χ1) is 6.00. The van der Waals surface area contributed by atoms with E-state index in [0.717, 1.165) is 0 Å². The molecule has 0 fully saturated rings. The van der Waals surface area contributed by atoms with Crippen molar-refractivity contribution in [3.8, 4) is 0 Å². The normalized spacial score (nSPS) is 14.0. The molecule has 1 rings (SSSR count). The Morgan fingerprint density at radius 3 is 2.92 bits per heavy atom. The molecule has 1 unspecified atom stereocenters. The number of nitrogens with one attached hydrogen (secondary N) is 1. The lowest BCUT2D eigenvalue weighted by Crippen LogP contribution is -2.31. The molecule has 0 amide bonds. The van der Waals surface area contributed by atoms with Crippen LogP contribution in [0.1, 0.15) is 6.92 Å². The molecule has 0 aliphatic heterocycles. The van der Waals surface area contributed by atoms with E-state index >= 15 is 0 Å². The van der Waals surface area contributed by atoms with Crippen molar-refractivity contribution in [3.05, 3.63) is 11.6 Å². The molecular formula is C6H11N3O2S2. The minimum Gasteiger partial charge on any atom is -0.360 e. The first-order valence-corrected chi connectivity index (χ1v) is 6.14. The standard InChI is InChI=1S/C6H11N3O2S2/c1-5(13(7,10)11)4-9-6-8-2-3-12-6/h2-3,5H,4H2,1H3,(H,8,9)(H2,7,10,11). The number of thiazole rings is 1. The fraction of sp³-hybridized carbons (Fsp3) is 0.500. The van der Waals surface area contributed by atoms with Crippen molar-refractivity contribution in [2.24, 2.45) is 5.14 Å². The van der Waals surface area contributed by atoms with Crippen molar-refractivity contribution in [1.29, 1.82) is 0 Å². The summed E-state index contributed by atoms with van der Waals surface area (Å²) in [4.78, 5) is 3.94. The highest BCUT2D eigenvalue weighted by atomic mass is 32.2. The zero-order valence-corrected chi connectivity index (χ0v) is 8.73. The maximum Gasteiger partial charge on any atom is 0.213 e. The van der Waals surface area contributed by atoms with Crippen LogP contribution in [0.3, 0.4) is 0 Å². The highest BCUT2D eigenvalue weighted by molar-refractivity contribution is 7.89. The Bertz CT molecular complexity index is 346. The summed E-state index contributed by atoms with van der Waals surface area (Å²) in [5.74, 6) is 0. The van der Waals surface area contributed by atoms with Gasteiger partial charge in [-0.15, -0.1) is 11.3 Å². The summed E-state index contributed by atoms with van der Waals surface area (Å²) in [6.45, 7) is 1.84. The summed E-state index contributed by atoms with van der Waals surface area (Å²) in [5, 5.41) is 9.73. The van der Waals surface area contributed by atoms with Crippen molar-refractivity contribution in [2.45, 2.75) is 12.2 Å². The minimum atomic E-state index is -3.44. The smallest absolute Gasteiger partial charge is 0.213 e. The van der Waals surface area contributed by atoms with Gasteiger partial charge < -0.3 is 5.32 Å². The van der Waals surface area contributed by atoms with Gasteiger partial charge in [-0.05, 0) is 6.92 Å². The quantitative estimate of drug-likeness (QED) is 0.762. The molecule has 1 aromatic rings. The van der Waals surface area contributed by atoms with E-state index in [9.17, 15) is 8.42 Å². The predicted octanol–water partition coefficient (Wildman–Crippen LogP) is 0.232. The largest absolute Gasteiger partial charge is 0.360 e. The maximum atomic E-state index is 10.8. The maximum absolute atomic E-state index is 10.8. The number of sulfonamides is 1.